The molecule has 0 aliphatic carbocycles. The van der Waals surface area contributed by atoms with Crippen molar-refractivity contribution in [3.05, 3.63) is 58.9 Å². The van der Waals surface area contributed by atoms with Gasteiger partial charge in [0.1, 0.15) is 17.5 Å². The van der Waals surface area contributed by atoms with Crippen LogP contribution in [0.5, 0.6) is 0 Å². The first-order valence-electron chi connectivity index (χ1n) is 5.86. The molecule has 0 radical (unpaired) electrons. The largest absolute Gasteiger partial charge is 0.320 e. The summed E-state index contributed by atoms with van der Waals surface area (Å²) >= 11 is 0. The number of anilines is 1. The third kappa shape index (κ3) is 2.78. The molecule has 0 saturated carbocycles. The van der Waals surface area contributed by atoms with E-state index < -0.39 is 0 Å². The first-order chi connectivity index (χ1) is 9.11. The number of rotatable bonds is 2. The van der Waals surface area contributed by atoms with E-state index in [1.807, 2.05) is 38.1 Å². The highest BCUT2D eigenvalue weighted by molar-refractivity contribution is 6.03. The lowest BCUT2D eigenvalue weighted by Gasteiger charge is -2.10. The van der Waals surface area contributed by atoms with Gasteiger partial charge in [-0.3, -0.25) is 4.79 Å². The number of carbonyl (C=O) groups is 1. The molecule has 1 amide bonds. The van der Waals surface area contributed by atoms with Gasteiger partial charge in [-0.1, -0.05) is 24.3 Å². The maximum Gasteiger partial charge on any atom is 0.274 e. The van der Waals surface area contributed by atoms with Crippen molar-refractivity contribution >= 4 is 11.6 Å². The summed E-state index contributed by atoms with van der Waals surface area (Å²) in [6.45, 7) is 3.86. The Morgan fingerprint density at radius 1 is 1.16 bits per heavy atom. The molecule has 0 unspecified atom stereocenters. The Morgan fingerprint density at radius 2 is 1.79 bits per heavy atom. The lowest BCUT2D eigenvalue weighted by atomic mass is 10.1. The van der Waals surface area contributed by atoms with Gasteiger partial charge in [0.15, 0.2) is 0 Å². The van der Waals surface area contributed by atoms with E-state index in [9.17, 15) is 4.79 Å². The minimum atomic E-state index is -0.311. The van der Waals surface area contributed by atoms with Crippen molar-refractivity contribution in [1.82, 2.24) is 4.98 Å². The van der Waals surface area contributed by atoms with Crippen LogP contribution in [0.15, 0.2) is 36.4 Å². The number of carbonyl (C=O) groups excluding carboxylic acids is 1. The van der Waals surface area contributed by atoms with Crippen LogP contribution in [0, 0.1) is 25.2 Å². The summed E-state index contributed by atoms with van der Waals surface area (Å²) in [7, 11) is 0. The highest BCUT2D eigenvalue weighted by Crippen LogP contribution is 2.20. The van der Waals surface area contributed by atoms with Gasteiger partial charge >= 0.3 is 0 Å². The molecule has 2 aromatic rings. The monoisotopic (exact) mass is 251 g/mol. The molecule has 4 heteroatoms. The second kappa shape index (κ2) is 5.32. The fraction of sp³-hybridized carbons (Fsp3) is 0.133. The molecule has 0 bridgehead atoms. The lowest BCUT2D eigenvalue weighted by molar-refractivity contribution is 0.102. The van der Waals surface area contributed by atoms with Gasteiger partial charge in [0.05, 0.1) is 0 Å². The van der Waals surface area contributed by atoms with Crippen molar-refractivity contribution in [3.8, 4) is 6.07 Å². The van der Waals surface area contributed by atoms with E-state index >= 15 is 0 Å². The molecule has 0 fully saturated rings. The van der Waals surface area contributed by atoms with E-state index in [1.165, 1.54) is 0 Å². The van der Waals surface area contributed by atoms with E-state index in [2.05, 4.69) is 10.3 Å². The molecule has 19 heavy (non-hydrogen) atoms. The molecule has 4 nitrogen and oxygen atoms in total. The predicted molar refractivity (Wildman–Crippen MR) is 72.8 cm³/mol. The van der Waals surface area contributed by atoms with E-state index in [0.717, 1.165) is 16.8 Å². The topological polar surface area (TPSA) is 65.8 Å². The van der Waals surface area contributed by atoms with Crippen LogP contribution in [0.3, 0.4) is 0 Å². The summed E-state index contributed by atoms with van der Waals surface area (Å²) in [6, 6.07) is 12.5. The molecule has 0 aliphatic heterocycles. The number of pyridine rings is 1. The van der Waals surface area contributed by atoms with Crippen molar-refractivity contribution in [2.45, 2.75) is 13.8 Å². The Labute approximate surface area is 111 Å². The number of nitrogens with one attached hydrogen (secondary N) is 1. The number of aromatic nitrogens is 1. The SMILES string of the molecule is Cc1cccc(C)c1NC(=O)c1cccc(C#N)n1. The second-order valence-corrected chi connectivity index (χ2v) is 4.24. The predicted octanol–water partition coefficient (Wildman–Crippen LogP) is 2.82. The summed E-state index contributed by atoms with van der Waals surface area (Å²) in [5.74, 6) is -0.311. The zero-order valence-corrected chi connectivity index (χ0v) is 10.8. The van der Waals surface area contributed by atoms with Crippen LogP contribution in [-0.4, -0.2) is 10.9 Å². The van der Waals surface area contributed by atoms with Crippen molar-refractivity contribution < 1.29 is 4.79 Å². The molecule has 0 aliphatic rings. The van der Waals surface area contributed by atoms with Gasteiger partial charge in [0, 0.05) is 5.69 Å². The molecule has 1 heterocycles. The molecular formula is C15H13N3O. The van der Waals surface area contributed by atoms with Gasteiger partial charge in [0.25, 0.3) is 5.91 Å². The minimum absolute atomic E-state index is 0.231. The van der Waals surface area contributed by atoms with Crippen LogP contribution in [0.25, 0.3) is 0 Å². The van der Waals surface area contributed by atoms with Crippen LogP contribution >= 0.6 is 0 Å². The van der Waals surface area contributed by atoms with Crippen LogP contribution in [0.1, 0.15) is 27.3 Å². The first kappa shape index (κ1) is 12.8. The standard InChI is InChI=1S/C15H13N3O/c1-10-5-3-6-11(2)14(10)18-15(19)13-8-4-7-12(9-16)17-13/h3-8H,1-2H3,(H,18,19). The summed E-state index contributed by atoms with van der Waals surface area (Å²) < 4.78 is 0. The highest BCUT2D eigenvalue weighted by atomic mass is 16.1. The first-order valence-corrected chi connectivity index (χ1v) is 5.86. The second-order valence-electron chi connectivity index (χ2n) is 4.24. The zero-order valence-electron chi connectivity index (χ0n) is 10.8. The Hall–Kier alpha value is -2.67. The molecule has 0 atom stereocenters. The van der Waals surface area contributed by atoms with Crippen LogP contribution in [0.4, 0.5) is 5.69 Å². The number of nitriles is 1. The number of aryl methyl sites for hydroxylation is 2. The average molecular weight is 251 g/mol. The van der Waals surface area contributed by atoms with Gasteiger partial charge in [-0.05, 0) is 37.1 Å². The molecule has 1 aromatic heterocycles. The van der Waals surface area contributed by atoms with Crippen molar-refractivity contribution in [2.75, 3.05) is 5.32 Å². The summed E-state index contributed by atoms with van der Waals surface area (Å²) in [5.41, 5.74) is 3.24. The molecular weight excluding hydrogens is 238 g/mol. The third-order valence-electron chi connectivity index (χ3n) is 2.82. The maximum atomic E-state index is 12.1. The van der Waals surface area contributed by atoms with E-state index in [0.29, 0.717) is 0 Å². The van der Waals surface area contributed by atoms with E-state index in [-0.39, 0.29) is 17.3 Å². The number of hydrogen-bond donors (Lipinski definition) is 1. The number of nitrogens with zero attached hydrogens (tertiary/aromatic N) is 2. The normalized spacial score (nSPS) is 9.74. The van der Waals surface area contributed by atoms with E-state index in [4.69, 9.17) is 5.26 Å². The van der Waals surface area contributed by atoms with Crippen molar-refractivity contribution in [2.24, 2.45) is 0 Å². The van der Waals surface area contributed by atoms with Gasteiger partial charge in [-0.25, -0.2) is 4.98 Å². The summed E-state index contributed by atoms with van der Waals surface area (Å²) in [5, 5.41) is 11.6. The molecule has 0 saturated heterocycles. The fourth-order valence-corrected chi connectivity index (χ4v) is 1.81. The smallest absolute Gasteiger partial charge is 0.274 e. The van der Waals surface area contributed by atoms with Gasteiger partial charge in [0.2, 0.25) is 0 Å². The molecule has 1 N–H and O–H groups in total. The van der Waals surface area contributed by atoms with Crippen LogP contribution in [0.2, 0.25) is 0 Å². The Bertz CT molecular complexity index is 651. The van der Waals surface area contributed by atoms with Crippen LogP contribution in [-0.2, 0) is 0 Å². The van der Waals surface area contributed by atoms with Crippen molar-refractivity contribution in [3.63, 3.8) is 0 Å². The summed E-state index contributed by atoms with van der Waals surface area (Å²) in [4.78, 5) is 16.1. The highest BCUT2D eigenvalue weighted by Gasteiger charge is 2.11. The quantitative estimate of drug-likeness (QED) is 0.892. The number of benzene rings is 1. The van der Waals surface area contributed by atoms with Gasteiger partial charge < -0.3 is 5.32 Å². The Morgan fingerprint density at radius 3 is 2.42 bits per heavy atom. The number of amides is 1. The van der Waals surface area contributed by atoms with Crippen molar-refractivity contribution in [1.29, 1.82) is 5.26 Å². The zero-order chi connectivity index (χ0) is 13.8. The molecule has 2 rings (SSSR count). The minimum Gasteiger partial charge on any atom is -0.320 e. The summed E-state index contributed by atoms with van der Waals surface area (Å²) in [6.07, 6.45) is 0. The maximum absolute atomic E-state index is 12.1. The van der Waals surface area contributed by atoms with Gasteiger partial charge in [-0.15, -0.1) is 0 Å². The average Bonchev–Trinajstić information content (AvgIpc) is 2.43. The van der Waals surface area contributed by atoms with Gasteiger partial charge in [-0.2, -0.15) is 5.26 Å². The Balaban J connectivity index is 2.29. The number of hydrogen-bond acceptors (Lipinski definition) is 3. The molecule has 0 spiro atoms. The number of para-hydroxylation sites is 1. The lowest BCUT2D eigenvalue weighted by Crippen LogP contribution is -2.15. The third-order valence-corrected chi connectivity index (χ3v) is 2.82. The molecule has 94 valence electrons. The van der Waals surface area contributed by atoms with Crippen LogP contribution < -0.4 is 5.32 Å². The van der Waals surface area contributed by atoms with E-state index in [1.54, 1.807) is 18.2 Å². The Kier molecular flexibility index (Phi) is 3.58. The molecule has 1 aromatic carbocycles. The fourth-order valence-electron chi connectivity index (χ4n) is 1.81.